The van der Waals surface area contributed by atoms with E-state index < -0.39 is 6.04 Å². The molecule has 1 aromatic rings. The second-order valence-corrected chi connectivity index (χ2v) is 10.5. The maximum atomic E-state index is 13.8. The molecule has 9 heteroatoms. The monoisotopic (exact) mass is 525 g/mol. The van der Waals surface area contributed by atoms with Gasteiger partial charge in [-0.2, -0.15) is 0 Å². The van der Waals surface area contributed by atoms with Gasteiger partial charge in [-0.15, -0.1) is 0 Å². The number of aliphatic imine (C=N–C) groups is 2. The van der Waals surface area contributed by atoms with Gasteiger partial charge in [-0.1, -0.05) is 31.4 Å². The number of carbonyl (C=O) groups excluding carboxylic acids is 2. The van der Waals surface area contributed by atoms with Crippen molar-refractivity contribution in [2.75, 3.05) is 40.0 Å². The Morgan fingerprint density at radius 3 is 2.50 bits per heavy atom. The summed E-state index contributed by atoms with van der Waals surface area (Å²) in [5.41, 5.74) is 1.71. The van der Waals surface area contributed by atoms with Crippen LogP contribution in [0.4, 0.5) is 4.79 Å². The lowest BCUT2D eigenvalue weighted by atomic mass is 9.72. The lowest BCUT2D eigenvalue weighted by Crippen LogP contribution is -2.57. The molecule has 4 rings (SSSR count). The number of piperidine rings is 1. The van der Waals surface area contributed by atoms with Crippen molar-refractivity contribution >= 4 is 23.9 Å². The molecule has 2 N–H and O–H groups in total. The molecule has 1 atom stereocenters. The van der Waals surface area contributed by atoms with Gasteiger partial charge in [0.1, 0.15) is 18.5 Å². The fourth-order valence-corrected chi connectivity index (χ4v) is 6.09. The third-order valence-electron chi connectivity index (χ3n) is 8.17. The van der Waals surface area contributed by atoms with Crippen molar-refractivity contribution in [3.8, 4) is 5.75 Å². The van der Waals surface area contributed by atoms with Crippen LogP contribution >= 0.6 is 0 Å². The van der Waals surface area contributed by atoms with Crippen molar-refractivity contribution in [3.05, 3.63) is 29.8 Å². The molecular formula is C29H43N5O4. The molecule has 1 saturated carbocycles. The van der Waals surface area contributed by atoms with Crippen LogP contribution in [0, 0.1) is 5.92 Å². The molecule has 3 amide bonds. The molecule has 0 radical (unpaired) electrons. The number of likely N-dealkylation sites (tertiary alicyclic amines) is 1. The SMILES string of the molecule is CCOC1(C2CCCCC2)CCN(C(=O)C(Cc2ccc(OC)cc2)NC(=O)NCCC2=NCN=C2)CC1. The van der Waals surface area contributed by atoms with Gasteiger partial charge >= 0.3 is 6.03 Å². The Kier molecular flexibility index (Phi) is 10.1. The zero-order chi connectivity index (χ0) is 26.8. The summed E-state index contributed by atoms with van der Waals surface area (Å²) in [5, 5.41) is 5.82. The second kappa shape index (κ2) is 13.7. The van der Waals surface area contributed by atoms with E-state index in [9.17, 15) is 9.59 Å². The minimum atomic E-state index is -0.664. The van der Waals surface area contributed by atoms with Crippen LogP contribution in [0.25, 0.3) is 0 Å². The molecule has 2 heterocycles. The summed E-state index contributed by atoms with van der Waals surface area (Å²) in [4.78, 5) is 36.8. The fourth-order valence-electron chi connectivity index (χ4n) is 6.09. The molecule has 0 spiro atoms. The Bertz CT molecular complexity index is 979. The second-order valence-electron chi connectivity index (χ2n) is 10.5. The number of hydrogen-bond acceptors (Lipinski definition) is 6. The summed E-state index contributed by atoms with van der Waals surface area (Å²) < 4.78 is 11.7. The van der Waals surface area contributed by atoms with Crippen molar-refractivity contribution in [2.24, 2.45) is 15.9 Å². The highest BCUT2D eigenvalue weighted by atomic mass is 16.5. The van der Waals surface area contributed by atoms with E-state index in [1.54, 1.807) is 13.3 Å². The largest absolute Gasteiger partial charge is 0.497 e. The van der Waals surface area contributed by atoms with E-state index in [0.717, 1.165) is 29.9 Å². The van der Waals surface area contributed by atoms with E-state index in [1.165, 1.54) is 32.1 Å². The summed E-state index contributed by atoms with van der Waals surface area (Å²) in [6, 6.07) is 6.62. The number of amides is 3. The number of rotatable bonds is 11. The molecule has 0 bridgehead atoms. The molecule has 2 fully saturated rings. The maximum Gasteiger partial charge on any atom is 0.315 e. The van der Waals surface area contributed by atoms with Gasteiger partial charge in [0, 0.05) is 45.3 Å². The highest BCUT2D eigenvalue weighted by Crippen LogP contribution is 2.41. The van der Waals surface area contributed by atoms with Crippen LogP contribution in [-0.4, -0.2) is 80.4 Å². The molecule has 1 aromatic carbocycles. The van der Waals surface area contributed by atoms with E-state index in [-0.39, 0.29) is 17.5 Å². The maximum absolute atomic E-state index is 13.8. The third kappa shape index (κ3) is 7.34. The molecular weight excluding hydrogens is 482 g/mol. The molecule has 1 aliphatic carbocycles. The molecule has 1 saturated heterocycles. The minimum absolute atomic E-state index is 0.0444. The summed E-state index contributed by atoms with van der Waals surface area (Å²) in [7, 11) is 1.63. The summed E-state index contributed by atoms with van der Waals surface area (Å²) in [6.07, 6.45) is 10.7. The quantitative estimate of drug-likeness (QED) is 0.459. The molecule has 208 valence electrons. The van der Waals surface area contributed by atoms with Gasteiger partial charge in [0.05, 0.1) is 18.4 Å². The first-order valence-electron chi connectivity index (χ1n) is 14.2. The molecule has 0 aromatic heterocycles. The molecule has 9 nitrogen and oxygen atoms in total. The number of urea groups is 1. The van der Waals surface area contributed by atoms with Crippen molar-refractivity contribution < 1.29 is 19.1 Å². The van der Waals surface area contributed by atoms with Crippen LogP contribution in [0.1, 0.15) is 63.9 Å². The van der Waals surface area contributed by atoms with E-state index in [4.69, 9.17) is 9.47 Å². The molecule has 3 aliphatic rings. The van der Waals surface area contributed by atoms with Gasteiger partial charge in [0.15, 0.2) is 0 Å². The number of carbonyl (C=O) groups is 2. The van der Waals surface area contributed by atoms with Crippen LogP contribution < -0.4 is 15.4 Å². The Morgan fingerprint density at radius 2 is 1.87 bits per heavy atom. The fraction of sp³-hybridized carbons (Fsp3) is 0.655. The van der Waals surface area contributed by atoms with E-state index in [2.05, 4.69) is 27.5 Å². The third-order valence-corrected chi connectivity index (χ3v) is 8.17. The van der Waals surface area contributed by atoms with E-state index in [0.29, 0.717) is 51.7 Å². The Hall–Kier alpha value is -2.94. The minimum Gasteiger partial charge on any atom is -0.497 e. The van der Waals surface area contributed by atoms with Gasteiger partial charge < -0.3 is 25.0 Å². The van der Waals surface area contributed by atoms with E-state index >= 15 is 0 Å². The van der Waals surface area contributed by atoms with Gasteiger partial charge in [-0.05, 0) is 56.2 Å². The summed E-state index contributed by atoms with van der Waals surface area (Å²) in [6.45, 7) is 4.96. The molecule has 2 aliphatic heterocycles. The zero-order valence-corrected chi connectivity index (χ0v) is 22.9. The van der Waals surface area contributed by atoms with Crippen LogP contribution in [0.2, 0.25) is 0 Å². The Balaban J connectivity index is 1.39. The van der Waals surface area contributed by atoms with Crippen LogP contribution in [0.5, 0.6) is 5.75 Å². The van der Waals surface area contributed by atoms with E-state index in [1.807, 2.05) is 29.2 Å². The predicted octanol–water partition coefficient (Wildman–Crippen LogP) is 3.76. The zero-order valence-electron chi connectivity index (χ0n) is 22.9. The van der Waals surface area contributed by atoms with Gasteiger partial charge in [-0.3, -0.25) is 14.8 Å². The number of hydrogen-bond donors (Lipinski definition) is 2. The Labute approximate surface area is 226 Å². The topological polar surface area (TPSA) is 105 Å². The Morgan fingerprint density at radius 1 is 1.13 bits per heavy atom. The van der Waals surface area contributed by atoms with Crippen molar-refractivity contribution in [1.29, 1.82) is 0 Å². The molecule has 38 heavy (non-hydrogen) atoms. The highest BCUT2D eigenvalue weighted by molar-refractivity contribution is 6.31. The predicted molar refractivity (Wildman–Crippen MR) is 149 cm³/mol. The lowest BCUT2D eigenvalue weighted by molar-refractivity contribution is -0.148. The smallest absolute Gasteiger partial charge is 0.315 e. The van der Waals surface area contributed by atoms with Gasteiger partial charge in [-0.25, -0.2) is 4.79 Å². The van der Waals surface area contributed by atoms with Gasteiger partial charge in [0.25, 0.3) is 0 Å². The van der Waals surface area contributed by atoms with Crippen molar-refractivity contribution in [2.45, 2.75) is 76.4 Å². The normalized spacial score (nSPS) is 20.1. The molecule has 1 unspecified atom stereocenters. The van der Waals surface area contributed by atoms with Crippen molar-refractivity contribution in [3.63, 3.8) is 0 Å². The number of ether oxygens (including phenoxy) is 2. The van der Waals surface area contributed by atoms with Crippen LogP contribution in [0.3, 0.4) is 0 Å². The summed E-state index contributed by atoms with van der Waals surface area (Å²) in [5.74, 6) is 1.28. The average molecular weight is 526 g/mol. The lowest BCUT2D eigenvalue weighted by Gasteiger charge is -2.48. The highest BCUT2D eigenvalue weighted by Gasteiger charge is 2.44. The number of nitrogens with zero attached hydrogens (tertiary/aromatic N) is 3. The summed E-state index contributed by atoms with van der Waals surface area (Å²) >= 11 is 0. The number of methoxy groups -OCH3 is 1. The average Bonchev–Trinajstić information content (AvgIpc) is 3.47. The first kappa shape index (κ1) is 28.1. The first-order chi connectivity index (χ1) is 18.5. The first-order valence-corrected chi connectivity index (χ1v) is 14.2. The number of benzene rings is 1. The van der Waals surface area contributed by atoms with Crippen LogP contribution in [-0.2, 0) is 16.0 Å². The standard InChI is InChI=1S/C29H43N5O4/c1-3-38-29(23-7-5-4-6-8-23)14-17-34(18-15-29)27(35)26(19-22-9-11-25(37-2)12-10-22)33-28(36)31-16-13-24-20-30-21-32-24/h9-12,20,23,26H,3-8,13-19,21H2,1-2H3,(H2,31,33,36). The van der Waals surface area contributed by atoms with Crippen molar-refractivity contribution in [1.82, 2.24) is 15.5 Å². The number of nitrogens with one attached hydrogen (secondary N) is 2. The van der Waals surface area contributed by atoms with Gasteiger partial charge in [0.2, 0.25) is 5.91 Å². The van der Waals surface area contributed by atoms with Crippen LogP contribution in [0.15, 0.2) is 34.3 Å².